The van der Waals surface area contributed by atoms with E-state index in [-0.39, 0.29) is 18.1 Å². The van der Waals surface area contributed by atoms with Gasteiger partial charge in [-0.3, -0.25) is 4.79 Å². The molecule has 0 spiro atoms. The third-order valence-corrected chi connectivity index (χ3v) is 3.52. The Morgan fingerprint density at radius 2 is 1.86 bits per heavy atom. The van der Waals surface area contributed by atoms with E-state index in [9.17, 15) is 9.59 Å². The Labute approximate surface area is 133 Å². The highest BCUT2D eigenvalue weighted by Crippen LogP contribution is 2.26. The van der Waals surface area contributed by atoms with Crippen molar-refractivity contribution in [1.82, 2.24) is 4.90 Å². The average Bonchev–Trinajstić information content (AvgIpc) is 2.45. The highest BCUT2D eigenvalue weighted by atomic mass is 79.9. The first-order valence-electron chi connectivity index (χ1n) is 6.93. The number of amides is 1. The molecule has 116 valence electrons. The van der Waals surface area contributed by atoms with Crippen molar-refractivity contribution in [3.63, 3.8) is 0 Å². The Morgan fingerprint density at radius 1 is 1.24 bits per heavy atom. The zero-order valence-corrected chi connectivity index (χ0v) is 13.9. The summed E-state index contributed by atoms with van der Waals surface area (Å²) < 4.78 is 6.08. The summed E-state index contributed by atoms with van der Waals surface area (Å²) in [4.78, 5) is 24.8. The highest BCUT2D eigenvalue weighted by molar-refractivity contribution is 9.10. The smallest absolute Gasteiger partial charge is 0.335 e. The summed E-state index contributed by atoms with van der Waals surface area (Å²) in [7, 11) is 0. The molecule has 0 aromatic heterocycles. The van der Waals surface area contributed by atoms with Gasteiger partial charge in [0.05, 0.1) is 10.0 Å². The molecular formula is C15H20BrNO4. The van der Waals surface area contributed by atoms with Crippen LogP contribution >= 0.6 is 15.9 Å². The molecule has 21 heavy (non-hydrogen) atoms. The van der Waals surface area contributed by atoms with Gasteiger partial charge in [-0.15, -0.1) is 0 Å². The van der Waals surface area contributed by atoms with Crippen LogP contribution in [0, 0.1) is 0 Å². The van der Waals surface area contributed by atoms with Crippen LogP contribution in [0.25, 0.3) is 0 Å². The van der Waals surface area contributed by atoms with E-state index in [1.807, 2.05) is 13.8 Å². The molecule has 0 aliphatic heterocycles. The third kappa shape index (κ3) is 5.38. The second-order valence-corrected chi connectivity index (χ2v) is 5.47. The second kappa shape index (κ2) is 8.67. The zero-order valence-electron chi connectivity index (χ0n) is 12.3. The number of hydrogen-bond donors (Lipinski definition) is 1. The Morgan fingerprint density at radius 3 is 2.38 bits per heavy atom. The van der Waals surface area contributed by atoms with Crippen LogP contribution in [0.5, 0.6) is 5.75 Å². The summed E-state index contributed by atoms with van der Waals surface area (Å²) >= 11 is 3.29. The number of benzene rings is 1. The van der Waals surface area contributed by atoms with E-state index in [4.69, 9.17) is 9.84 Å². The number of carbonyl (C=O) groups is 2. The molecule has 1 N–H and O–H groups in total. The largest absolute Gasteiger partial charge is 0.483 e. The maximum atomic E-state index is 12.1. The van der Waals surface area contributed by atoms with Gasteiger partial charge >= 0.3 is 5.97 Å². The van der Waals surface area contributed by atoms with Crippen molar-refractivity contribution in [3.05, 3.63) is 28.2 Å². The molecule has 0 heterocycles. The summed E-state index contributed by atoms with van der Waals surface area (Å²) in [6.07, 6.45) is 1.79. The number of hydrogen-bond acceptors (Lipinski definition) is 3. The van der Waals surface area contributed by atoms with Crippen molar-refractivity contribution in [3.8, 4) is 5.75 Å². The minimum absolute atomic E-state index is 0.0914. The van der Waals surface area contributed by atoms with Gasteiger partial charge in [-0.2, -0.15) is 0 Å². The molecule has 0 radical (unpaired) electrons. The number of carbonyl (C=O) groups excluding carboxylic acids is 1. The van der Waals surface area contributed by atoms with Gasteiger partial charge in [0.1, 0.15) is 5.75 Å². The number of halogens is 1. The Balaban J connectivity index is 2.71. The maximum absolute atomic E-state index is 12.1. The Bertz CT molecular complexity index is 498. The summed E-state index contributed by atoms with van der Waals surface area (Å²) in [5.74, 6) is -0.764. The lowest BCUT2D eigenvalue weighted by Gasteiger charge is -2.21. The summed E-state index contributed by atoms with van der Waals surface area (Å²) in [6.45, 7) is 5.34. The molecule has 0 saturated carbocycles. The van der Waals surface area contributed by atoms with E-state index in [0.29, 0.717) is 23.3 Å². The molecule has 0 aliphatic rings. The molecule has 1 aromatic carbocycles. The predicted molar refractivity (Wildman–Crippen MR) is 83.8 cm³/mol. The minimum atomic E-state index is -1.03. The maximum Gasteiger partial charge on any atom is 0.335 e. The monoisotopic (exact) mass is 357 g/mol. The standard InChI is InChI=1S/C15H20BrNO4/c1-3-7-17(8-4-2)14(18)10-21-13-9-11(15(19)20)5-6-12(13)16/h5-6,9H,3-4,7-8,10H2,1-2H3,(H,19,20). The van der Waals surface area contributed by atoms with Gasteiger partial charge in [0.25, 0.3) is 5.91 Å². The Kier molecular flexibility index (Phi) is 7.22. The molecule has 0 saturated heterocycles. The van der Waals surface area contributed by atoms with E-state index < -0.39 is 5.97 Å². The van der Waals surface area contributed by atoms with Gasteiger partial charge in [0, 0.05) is 13.1 Å². The minimum Gasteiger partial charge on any atom is -0.483 e. The average molecular weight is 358 g/mol. The molecule has 0 fully saturated rings. The number of carboxylic acid groups (broad SMARTS) is 1. The number of carboxylic acids is 1. The molecular weight excluding hydrogens is 338 g/mol. The van der Waals surface area contributed by atoms with Gasteiger partial charge in [0.2, 0.25) is 0 Å². The quantitative estimate of drug-likeness (QED) is 0.775. The van der Waals surface area contributed by atoms with Crippen LogP contribution in [0.2, 0.25) is 0 Å². The molecule has 1 aromatic rings. The van der Waals surface area contributed by atoms with Gasteiger partial charge in [-0.25, -0.2) is 4.79 Å². The van der Waals surface area contributed by atoms with E-state index in [2.05, 4.69) is 15.9 Å². The summed E-state index contributed by atoms with van der Waals surface area (Å²) in [5, 5.41) is 8.96. The van der Waals surface area contributed by atoms with Crippen molar-refractivity contribution >= 4 is 27.8 Å². The van der Waals surface area contributed by atoms with Crippen LogP contribution in [0.1, 0.15) is 37.0 Å². The van der Waals surface area contributed by atoms with Crippen LogP contribution in [0.3, 0.4) is 0 Å². The molecule has 6 heteroatoms. The van der Waals surface area contributed by atoms with Crippen molar-refractivity contribution in [2.45, 2.75) is 26.7 Å². The molecule has 1 amide bonds. The van der Waals surface area contributed by atoms with Gasteiger partial charge in [0.15, 0.2) is 6.61 Å². The van der Waals surface area contributed by atoms with E-state index >= 15 is 0 Å². The molecule has 0 aliphatic carbocycles. The van der Waals surface area contributed by atoms with Crippen molar-refractivity contribution in [2.24, 2.45) is 0 Å². The highest BCUT2D eigenvalue weighted by Gasteiger charge is 2.14. The molecule has 0 unspecified atom stereocenters. The fourth-order valence-electron chi connectivity index (χ4n) is 1.88. The van der Waals surface area contributed by atoms with Crippen molar-refractivity contribution in [2.75, 3.05) is 19.7 Å². The normalized spacial score (nSPS) is 10.2. The molecule has 5 nitrogen and oxygen atoms in total. The third-order valence-electron chi connectivity index (χ3n) is 2.87. The number of rotatable bonds is 8. The molecule has 1 rings (SSSR count). The summed E-state index contributed by atoms with van der Waals surface area (Å²) in [6, 6.07) is 4.48. The van der Waals surface area contributed by atoms with Crippen LogP contribution in [0.15, 0.2) is 22.7 Å². The van der Waals surface area contributed by atoms with Crippen LogP contribution in [-0.2, 0) is 4.79 Å². The predicted octanol–water partition coefficient (Wildman–Crippen LogP) is 3.17. The number of nitrogens with zero attached hydrogens (tertiary/aromatic N) is 1. The van der Waals surface area contributed by atoms with E-state index in [1.54, 1.807) is 11.0 Å². The number of aromatic carboxylic acids is 1. The van der Waals surface area contributed by atoms with Crippen molar-refractivity contribution in [1.29, 1.82) is 0 Å². The lowest BCUT2D eigenvalue weighted by atomic mass is 10.2. The van der Waals surface area contributed by atoms with E-state index in [1.165, 1.54) is 12.1 Å². The first-order valence-corrected chi connectivity index (χ1v) is 7.72. The first-order chi connectivity index (χ1) is 9.99. The van der Waals surface area contributed by atoms with Crippen LogP contribution < -0.4 is 4.74 Å². The van der Waals surface area contributed by atoms with Crippen molar-refractivity contribution < 1.29 is 19.4 Å². The topological polar surface area (TPSA) is 66.8 Å². The lowest BCUT2D eigenvalue weighted by molar-refractivity contribution is -0.133. The Hall–Kier alpha value is -1.56. The molecule has 0 atom stereocenters. The van der Waals surface area contributed by atoms with Crippen LogP contribution in [0.4, 0.5) is 0 Å². The fourth-order valence-corrected chi connectivity index (χ4v) is 2.24. The van der Waals surface area contributed by atoms with E-state index in [0.717, 1.165) is 12.8 Å². The van der Waals surface area contributed by atoms with Crippen LogP contribution in [-0.4, -0.2) is 41.6 Å². The van der Waals surface area contributed by atoms with Gasteiger partial charge in [-0.1, -0.05) is 13.8 Å². The van der Waals surface area contributed by atoms with Gasteiger partial charge in [-0.05, 0) is 47.0 Å². The molecule has 0 bridgehead atoms. The lowest BCUT2D eigenvalue weighted by Crippen LogP contribution is -2.36. The second-order valence-electron chi connectivity index (χ2n) is 4.62. The zero-order chi connectivity index (χ0) is 15.8. The SMILES string of the molecule is CCCN(CCC)C(=O)COc1cc(C(=O)O)ccc1Br. The first kappa shape index (κ1) is 17.5. The number of ether oxygens (including phenoxy) is 1. The fraction of sp³-hybridized carbons (Fsp3) is 0.467. The van der Waals surface area contributed by atoms with Gasteiger partial charge < -0.3 is 14.7 Å². The summed E-state index contributed by atoms with van der Waals surface area (Å²) in [5.41, 5.74) is 0.125.